The smallest absolute Gasteiger partial charge is 0.256 e. The van der Waals surface area contributed by atoms with Gasteiger partial charge in [-0.05, 0) is 74.6 Å². The van der Waals surface area contributed by atoms with Crippen molar-refractivity contribution >= 4 is 34.5 Å². The standard InChI is InChI=1S/C28H29N7O3/c1-17-10-12-29-23(15-17)32-27(36)18-6-8-21(9-7-18)38-22-11-13-30-25-24(22)26(34-33-25)31-20-3-2-14-35(16-20)28(37)19-4-5-19/h6-13,15,19-20H,2-5,14,16H2,1H3,(H,29,32,36)(H2,30,31,33,34). The van der Waals surface area contributed by atoms with Crippen LogP contribution in [0.1, 0.15) is 41.6 Å². The number of anilines is 2. The zero-order valence-corrected chi connectivity index (χ0v) is 21.1. The molecule has 1 saturated heterocycles. The van der Waals surface area contributed by atoms with Crippen molar-refractivity contribution in [3.05, 3.63) is 66.0 Å². The van der Waals surface area contributed by atoms with Crippen LogP contribution >= 0.6 is 0 Å². The van der Waals surface area contributed by atoms with Crippen molar-refractivity contribution < 1.29 is 14.3 Å². The molecule has 6 rings (SSSR count). The minimum absolute atomic E-state index is 0.103. The molecule has 2 aliphatic rings. The molecule has 1 aliphatic carbocycles. The van der Waals surface area contributed by atoms with Crippen molar-refractivity contribution in [2.24, 2.45) is 5.92 Å². The van der Waals surface area contributed by atoms with Gasteiger partial charge in [0.1, 0.15) is 22.7 Å². The summed E-state index contributed by atoms with van der Waals surface area (Å²) in [5, 5.41) is 14.5. The molecule has 1 unspecified atom stereocenters. The molecule has 0 spiro atoms. The number of aryl methyl sites for hydroxylation is 1. The van der Waals surface area contributed by atoms with Gasteiger partial charge >= 0.3 is 0 Å². The highest BCUT2D eigenvalue weighted by Crippen LogP contribution is 2.35. The predicted molar refractivity (Wildman–Crippen MR) is 143 cm³/mol. The van der Waals surface area contributed by atoms with Gasteiger partial charge in [0.05, 0.1) is 0 Å². The molecule has 10 nitrogen and oxygen atoms in total. The third-order valence-electron chi connectivity index (χ3n) is 6.93. The van der Waals surface area contributed by atoms with Crippen LogP contribution in [0.5, 0.6) is 11.5 Å². The van der Waals surface area contributed by atoms with E-state index in [4.69, 9.17) is 4.74 Å². The predicted octanol–water partition coefficient (Wildman–Crippen LogP) is 4.52. The van der Waals surface area contributed by atoms with E-state index in [1.54, 1.807) is 42.7 Å². The third kappa shape index (κ3) is 5.15. The van der Waals surface area contributed by atoms with Gasteiger partial charge in [0, 0.05) is 49.1 Å². The van der Waals surface area contributed by atoms with Gasteiger partial charge in [-0.2, -0.15) is 5.10 Å². The summed E-state index contributed by atoms with van der Waals surface area (Å²) in [6.07, 6.45) is 7.26. The molecule has 0 bridgehead atoms. The van der Waals surface area contributed by atoms with E-state index in [0.29, 0.717) is 40.9 Å². The molecule has 2 amide bonds. The number of hydrogen-bond donors (Lipinski definition) is 3. The minimum atomic E-state index is -0.246. The normalized spacial score (nSPS) is 17.3. The number of benzene rings is 1. The minimum Gasteiger partial charge on any atom is -0.456 e. The maximum Gasteiger partial charge on any atom is 0.256 e. The number of likely N-dealkylation sites (tertiary alicyclic amines) is 1. The molecule has 2 fully saturated rings. The second kappa shape index (κ2) is 10.1. The highest BCUT2D eigenvalue weighted by Gasteiger charge is 2.35. The van der Waals surface area contributed by atoms with E-state index in [0.717, 1.165) is 43.2 Å². The lowest BCUT2D eigenvalue weighted by atomic mass is 10.0. The van der Waals surface area contributed by atoms with E-state index in [-0.39, 0.29) is 23.8 Å². The maximum atomic E-state index is 12.6. The first-order valence-corrected chi connectivity index (χ1v) is 12.9. The molecule has 4 aromatic rings. The first kappa shape index (κ1) is 23.9. The summed E-state index contributed by atoms with van der Waals surface area (Å²) in [5.74, 6) is 2.58. The number of rotatable bonds is 7. The van der Waals surface area contributed by atoms with Crippen LogP contribution in [0.4, 0.5) is 11.6 Å². The van der Waals surface area contributed by atoms with Crippen molar-refractivity contribution in [1.82, 2.24) is 25.1 Å². The number of aromatic nitrogens is 4. The van der Waals surface area contributed by atoms with E-state index >= 15 is 0 Å². The Morgan fingerprint density at radius 2 is 1.87 bits per heavy atom. The molecular formula is C28H29N7O3. The molecule has 1 aromatic carbocycles. The molecule has 3 aromatic heterocycles. The van der Waals surface area contributed by atoms with Crippen molar-refractivity contribution in [3.8, 4) is 11.5 Å². The largest absolute Gasteiger partial charge is 0.456 e. The topological polar surface area (TPSA) is 125 Å². The lowest BCUT2D eigenvalue weighted by molar-refractivity contribution is -0.133. The molecule has 0 radical (unpaired) electrons. The van der Waals surface area contributed by atoms with Gasteiger partial charge in [0.2, 0.25) is 5.91 Å². The molecule has 38 heavy (non-hydrogen) atoms. The fourth-order valence-corrected chi connectivity index (χ4v) is 4.78. The number of fused-ring (bicyclic) bond motifs is 1. The molecule has 3 N–H and O–H groups in total. The number of nitrogens with one attached hydrogen (secondary N) is 3. The van der Waals surface area contributed by atoms with Crippen molar-refractivity contribution in [2.45, 2.75) is 38.6 Å². The molecule has 10 heteroatoms. The van der Waals surface area contributed by atoms with E-state index in [1.807, 2.05) is 24.0 Å². The van der Waals surface area contributed by atoms with Crippen LogP contribution in [0.3, 0.4) is 0 Å². The van der Waals surface area contributed by atoms with Crippen LogP contribution in [0.25, 0.3) is 11.0 Å². The van der Waals surface area contributed by atoms with Gasteiger partial charge in [-0.15, -0.1) is 0 Å². The highest BCUT2D eigenvalue weighted by atomic mass is 16.5. The van der Waals surface area contributed by atoms with Crippen molar-refractivity contribution in [2.75, 3.05) is 23.7 Å². The van der Waals surface area contributed by atoms with Crippen LogP contribution in [0.2, 0.25) is 0 Å². The van der Waals surface area contributed by atoms with Gasteiger partial charge in [-0.3, -0.25) is 14.7 Å². The van der Waals surface area contributed by atoms with Crippen molar-refractivity contribution in [1.29, 1.82) is 0 Å². The SMILES string of the molecule is Cc1ccnc(NC(=O)c2ccc(Oc3ccnc4[nH]nc(NC5CCCN(C(=O)C6CC6)C5)c34)cc2)c1. The Labute approximate surface area is 219 Å². The number of nitrogens with zero attached hydrogens (tertiary/aromatic N) is 4. The summed E-state index contributed by atoms with van der Waals surface area (Å²) >= 11 is 0. The number of pyridine rings is 2. The molecule has 1 saturated carbocycles. The van der Waals surface area contributed by atoms with Crippen LogP contribution in [-0.4, -0.2) is 56.0 Å². The number of carbonyl (C=O) groups excluding carboxylic acids is 2. The highest BCUT2D eigenvalue weighted by molar-refractivity contribution is 6.03. The number of piperidine rings is 1. The lowest BCUT2D eigenvalue weighted by Crippen LogP contribution is -2.45. The van der Waals surface area contributed by atoms with Gasteiger partial charge < -0.3 is 20.3 Å². The Morgan fingerprint density at radius 1 is 1.05 bits per heavy atom. The molecule has 4 heterocycles. The van der Waals surface area contributed by atoms with E-state index in [1.165, 1.54) is 0 Å². The van der Waals surface area contributed by atoms with E-state index in [2.05, 4.69) is 30.8 Å². The van der Waals surface area contributed by atoms with Gasteiger partial charge in [0.15, 0.2) is 11.5 Å². The summed E-state index contributed by atoms with van der Waals surface area (Å²) in [5.41, 5.74) is 2.12. The summed E-state index contributed by atoms with van der Waals surface area (Å²) in [6.45, 7) is 3.43. The zero-order chi connectivity index (χ0) is 26.1. The lowest BCUT2D eigenvalue weighted by Gasteiger charge is -2.33. The second-order valence-corrected chi connectivity index (χ2v) is 9.95. The summed E-state index contributed by atoms with van der Waals surface area (Å²) in [7, 11) is 0. The Morgan fingerprint density at radius 3 is 2.66 bits per heavy atom. The summed E-state index contributed by atoms with van der Waals surface area (Å²) < 4.78 is 6.20. The van der Waals surface area contributed by atoms with Crippen molar-refractivity contribution in [3.63, 3.8) is 0 Å². The van der Waals surface area contributed by atoms with Crippen LogP contribution < -0.4 is 15.4 Å². The monoisotopic (exact) mass is 511 g/mol. The maximum absolute atomic E-state index is 12.6. The third-order valence-corrected chi connectivity index (χ3v) is 6.93. The average molecular weight is 512 g/mol. The number of amides is 2. The quantitative estimate of drug-likeness (QED) is 0.333. The summed E-state index contributed by atoms with van der Waals surface area (Å²) in [6, 6.07) is 12.5. The summed E-state index contributed by atoms with van der Waals surface area (Å²) in [4.78, 5) is 35.8. The molecule has 194 valence electrons. The van der Waals surface area contributed by atoms with Crippen LogP contribution in [0, 0.1) is 12.8 Å². The van der Waals surface area contributed by atoms with Gasteiger partial charge in [-0.1, -0.05) is 0 Å². The van der Waals surface area contributed by atoms with E-state index in [9.17, 15) is 9.59 Å². The van der Waals surface area contributed by atoms with E-state index < -0.39 is 0 Å². The number of carbonyl (C=O) groups is 2. The molecular weight excluding hydrogens is 482 g/mol. The average Bonchev–Trinajstić information content (AvgIpc) is 3.70. The number of aromatic amines is 1. The Balaban J connectivity index is 1.16. The number of ether oxygens (including phenoxy) is 1. The van der Waals surface area contributed by atoms with Gasteiger partial charge in [0.25, 0.3) is 5.91 Å². The van der Waals surface area contributed by atoms with Gasteiger partial charge in [-0.25, -0.2) is 9.97 Å². The fourth-order valence-electron chi connectivity index (χ4n) is 4.78. The first-order valence-electron chi connectivity index (χ1n) is 12.9. The molecule has 1 aliphatic heterocycles. The van der Waals surface area contributed by atoms with Crippen LogP contribution in [-0.2, 0) is 4.79 Å². The fraction of sp³-hybridized carbons (Fsp3) is 0.321. The Bertz CT molecular complexity index is 1480. The molecule has 1 atom stereocenters. The first-order chi connectivity index (χ1) is 18.5. The Kier molecular flexibility index (Phi) is 6.36. The number of H-pyrrole nitrogens is 1. The Hall–Kier alpha value is -4.47. The zero-order valence-electron chi connectivity index (χ0n) is 21.1. The van der Waals surface area contributed by atoms with Crippen LogP contribution in [0.15, 0.2) is 54.9 Å². The number of hydrogen-bond acceptors (Lipinski definition) is 7. The second-order valence-electron chi connectivity index (χ2n) is 9.95.